The fourth-order valence-electron chi connectivity index (χ4n) is 1.10. The van der Waals surface area contributed by atoms with E-state index in [1.807, 2.05) is 12.3 Å². The van der Waals surface area contributed by atoms with Gasteiger partial charge >= 0.3 is 0 Å². The first kappa shape index (κ1) is 7.06. The highest BCUT2D eigenvalue weighted by Crippen LogP contribution is 2.24. The molecule has 1 aromatic rings. The summed E-state index contributed by atoms with van der Waals surface area (Å²) in [7, 11) is 0. The molecule has 1 fully saturated rings. The quantitative estimate of drug-likeness (QED) is 0.671. The van der Waals surface area contributed by atoms with Crippen LogP contribution in [0.2, 0.25) is 0 Å². The first-order valence-corrected chi connectivity index (χ1v) is 4.49. The summed E-state index contributed by atoms with van der Waals surface area (Å²) >= 11 is 1.64. The summed E-state index contributed by atoms with van der Waals surface area (Å²) in [5.74, 6) is 0. The van der Waals surface area contributed by atoms with Crippen LogP contribution >= 0.6 is 11.3 Å². The molecule has 0 bridgehead atoms. The molecule has 0 aliphatic carbocycles. The highest BCUT2D eigenvalue weighted by atomic mass is 32.1. The Balaban J connectivity index is 2.07. The SMILES string of the molecule is Cc1csc(N2CC(O)C2)n1. The Labute approximate surface area is 69.3 Å². The number of thiazole rings is 1. The van der Waals surface area contributed by atoms with Gasteiger partial charge in [0.1, 0.15) is 0 Å². The minimum absolute atomic E-state index is 0.140. The van der Waals surface area contributed by atoms with Gasteiger partial charge in [0.15, 0.2) is 5.13 Å². The molecule has 1 saturated heterocycles. The predicted molar refractivity (Wildman–Crippen MR) is 45.1 cm³/mol. The Hall–Kier alpha value is -0.610. The molecule has 0 atom stereocenters. The summed E-state index contributed by atoms with van der Waals surface area (Å²) in [6, 6.07) is 0. The summed E-state index contributed by atoms with van der Waals surface area (Å²) in [5, 5.41) is 12.1. The molecule has 2 rings (SSSR count). The lowest BCUT2D eigenvalue weighted by atomic mass is 10.2. The van der Waals surface area contributed by atoms with E-state index in [0.29, 0.717) is 0 Å². The number of rotatable bonds is 1. The van der Waals surface area contributed by atoms with Gasteiger partial charge in [0.2, 0.25) is 0 Å². The Morgan fingerprint density at radius 1 is 1.73 bits per heavy atom. The van der Waals surface area contributed by atoms with Crippen LogP contribution in [0.15, 0.2) is 5.38 Å². The molecule has 1 aliphatic heterocycles. The zero-order valence-electron chi connectivity index (χ0n) is 6.32. The van der Waals surface area contributed by atoms with E-state index in [4.69, 9.17) is 5.11 Å². The van der Waals surface area contributed by atoms with Gasteiger partial charge in [-0.1, -0.05) is 0 Å². The smallest absolute Gasteiger partial charge is 0.185 e. The minimum atomic E-state index is -0.140. The number of aliphatic hydroxyl groups excluding tert-OH is 1. The van der Waals surface area contributed by atoms with E-state index in [9.17, 15) is 0 Å². The Morgan fingerprint density at radius 2 is 2.45 bits per heavy atom. The molecule has 4 heteroatoms. The predicted octanol–water partition coefficient (Wildman–Crippen LogP) is 0.632. The van der Waals surface area contributed by atoms with Crippen molar-refractivity contribution in [3.8, 4) is 0 Å². The third-order valence-electron chi connectivity index (χ3n) is 1.74. The van der Waals surface area contributed by atoms with Crippen molar-refractivity contribution >= 4 is 16.5 Å². The lowest BCUT2D eigenvalue weighted by Crippen LogP contribution is -2.50. The van der Waals surface area contributed by atoms with Crippen LogP contribution in [0.1, 0.15) is 5.69 Å². The Morgan fingerprint density at radius 3 is 2.91 bits per heavy atom. The van der Waals surface area contributed by atoms with E-state index in [-0.39, 0.29) is 6.10 Å². The summed E-state index contributed by atoms with van der Waals surface area (Å²) in [6.07, 6.45) is -0.140. The molecule has 0 aromatic carbocycles. The van der Waals surface area contributed by atoms with Gasteiger partial charge in [-0.15, -0.1) is 11.3 Å². The van der Waals surface area contributed by atoms with E-state index in [1.165, 1.54) is 0 Å². The molecular weight excluding hydrogens is 160 g/mol. The van der Waals surface area contributed by atoms with E-state index in [2.05, 4.69) is 9.88 Å². The van der Waals surface area contributed by atoms with Gasteiger partial charge in [-0.05, 0) is 6.92 Å². The van der Waals surface area contributed by atoms with Crippen LogP contribution in [0.3, 0.4) is 0 Å². The van der Waals surface area contributed by atoms with Crippen LogP contribution in [0.4, 0.5) is 5.13 Å². The van der Waals surface area contributed by atoms with E-state index >= 15 is 0 Å². The number of hydrogen-bond acceptors (Lipinski definition) is 4. The number of β-amino-alcohol motifs (C(OH)–C–C–N with tert-alkyl or cyclic N) is 1. The molecule has 1 N–H and O–H groups in total. The lowest BCUT2D eigenvalue weighted by molar-refractivity contribution is 0.142. The van der Waals surface area contributed by atoms with Gasteiger partial charge < -0.3 is 10.0 Å². The highest BCUT2D eigenvalue weighted by Gasteiger charge is 2.26. The normalized spacial score (nSPS) is 18.5. The van der Waals surface area contributed by atoms with Crippen molar-refractivity contribution in [3.05, 3.63) is 11.1 Å². The molecule has 2 heterocycles. The fraction of sp³-hybridized carbons (Fsp3) is 0.571. The standard InChI is InChI=1S/C7H10N2OS/c1-5-4-11-7(8-5)9-2-6(10)3-9/h4,6,10H,2-3H2,1H3. The summed E-state index contributed by atoms with van der Waals surface area (Å²) in [6.45, 7) is 3.47. The average molecular weight is 170 g/mol. The van der Waals surface area contributed by atoms with Gasteiger partial charge in [0.05, 0.1) is 11.8 Å². The second-order valence-corrected chi connectivity index (χ2v) is 3.67. The molecular formula is C7H10N2OS. The maximum atomic E-state index is 9.02. The third kappa shape index (κ3) is 1.23. The summed E-state index contributed by atoms with van der Waals surface area (Å²) < 4.78 is 0. The maximum absolute atomic E-state index is 9.02. The van der Waals surface area contributed by atoms with Crippen molar-refractivity contribution in [1.82, 2.24) is 4.98 Å². The molecule has 60 valence electrons. The van der Waals surface area contributed by atoms with E-state index in [1.54, 1.807) is 11.3 Å². The summed E-state index contributed by atoms with van der Waals surface area (Å²) in [5.41, 5.74) is 1.06. The topological polar surface area (TPSA) is 36.4 Å². The first-order valence-electron chi connectivity index (χ1n) is 3.61. The maximum Gasteiger partial charge on any atom is 0.185 e. The molecule has 1 aromatic heterocycles. The van der Waals surface area contributed by atoms with Gasteiger partial charge in [0, 0.05) is 18.5 Å². The molecule has 1 aliphatic rings. The largest absolute Gasteiger partial charge is 0.389 e. The molecule has 3 nitrogen and oxygen atoms in total. The highest BCUT2D eigenvalue weighted by molar-refractivity contribution is 7.13. The Kier molecular flexibility index (Phi) is 1.58. The van der Waals surface area contributed by atoms with Crippen molar-refractivity contribution in [2.45, 2.75) is 13.0 Å². The van der Waals surface area contributed by atoms with E-state index < -0.39 is 0 Å². The van der Waals surface area contributed by atoms with E-state index in [0.717, 1.165) is 23.9 Å². The summed E-state index contributed by atoms with van der Waals surface area (Å²) in [4.78, 5) is 6.39. The molecule has 11 heavy (non-hydrogen) atoms. The zero-order valence-corrected chi connectivity index (χ0v) is 7.14. The molecule has 0 amide bonds. The number of aliphatic hydroxyl groups is 1. The Bertz CT molecular complexity index is 255. The molecule has 0 saturated carbocycles. The monoisotopic (exact) mass is 170 g/mol. The van der Waals surface area contributed by atoms with Crippen LogP contribution in [-0.2, 0) is 0 Å². The van der Waals surface area contributed by atoms with Crippen LogP contribution in [-0.4, -0.2) is 29.3 Å². The van der Waals surface area contributed by atoms with Crippen molar-refractivity contribution in [2.24, 2.45) is 0 Å². The van der Waals surface area contributed by atoms with Gasteiger partial charge in [-0.2, -0.15) is 0 Å². The number of nitrogens with zero attached hydrogens (tertiary/aromatic N) is 2. The fourth-order valence-corrected chi connectivity index (χ4v) is 1.92. The number of anilines is 1. The lowest BCUT2D eigenvalue weighted by Gasteiger charge is -2.35. The number of aryl methyl sites for hydroxylation is 1. The van der Waals surface area contributed by atoms with Crippen molar-refractivity contribution in [3.63, 3.8) is 0 Å². The van der Waals surface area contributed by atoms with Gasteiger partial charge in [-0.25, -0.2) is 4.98 Å². The second kappa shape index (κ2) is 2.46. The van der Waals surface area contributed by atoms with Gasteiger partial charge in [-0.3, -0.25) is 0 Å². The van der Waals surface area contributed by atoms with Crippen LogP contribution < -0.4 is 4.90 Å². The molecule has 0 radical (unpaired) electrons. The van der Waals surface area contributed by atoms with Crippen LogP contribution in [0.5, 0.6) is 0 Å². The molecule has 0 unspecified atom stereocenters. The second-order valence-electron chi connectivity index (χ2n) is 2.83. The van der Waals surface area contributed by atoms with Crippen molar-refractivity contribution in [2.75, 3.05) is 18.0 Å². The van der Waals surface area contributed by atoms with Gasteiger partial charge in [0.25, 0.3) is 0 Å². The number of aromatic nitrogens is 1. The van der Waals surface area contributed by atoms with Crippen LogP contribution in [0, 0.1) is 6.92 Å². The number of hydrogen-bond donors (Lipinski definition) is 1. The minimum Gasteiger partial charge on any atom is -0.389 e. The third-order valence-corrected chi connectivity index (χ3v) is 2.76. The molecule has 0 spiro atoms. The first-order chi connectivity index (χ1) is 5.25. The van der Waals surface area contributed by atoms with Crippen LogP contribution in [0.25, 0.3) is 0 Å². The van der Waals surface area contributed by atoms with Crippen molar-refractivity contribution < 1.29 is 5.11 Å². The average Bonchev–Trinajstić information content (AvgIpc) is 2.29. The van der Waals surface area contributed by atoms with Crippen molar-refractivity contribution in [1.29, 1.82) is 0 Å². The zero-order chi connectivity index (χ0) is 7.84.